The van der Waals surface area contributed by atoms with Crippen molar-refractivity contribution in [2.24, 2.45) is 0 Å². The number of ether oxygens (including phenoxy) is 1. The fourth-order valence-corrected chi connectivity index (χ4v) is 2.60. The van der Waals surface area contributed by atoms with Crippen molar-refractivity contribution < 1.29 is 9.53 Å². The molecule has 0 atom stereocenters. The number of rotatable bonds is 2. The van der Waals surface area contributed by atoms with Crippen LogP contribution in [0.15, 0.2) is 22.8 Å². The standard InChI is InChI=1S/C14H11BrClN3O2/c1-7-10(4-3-9(15)11(7)16)19-6-8(5-17)12(18)13(19)14(20)21-2/h3-4,6H,18H2,1-2H3. The van der Waals surface area contributed by atoms with Crippen molar-refractivity contribution in [2.75, 3.05) is 12.8 Å². The van der Waals surface area contributed by atoms with Crippen LogP contribution in [0.1, 0.15) is 21.6 Å². The number of hydrogen-bond donors (Lipinski definition) is 1. The Hall–Kier alpha value is -1.97. The molecule has 0 radical (unpaired) electrons. The molecule has 7 heteroatoms. The molecule has 21 heavy (non-hydrogen) atoms. The molecule has 2 N–H and O–H groups in total. The summed E-state index contributed by atoms with van der Waals surface area (Å²) < 4.78 is 7.00. The van der Waals surface area contributed by atoms with E-state index in [1.807, 2.05) is 13.0 Å². The molecule has 1 aromatic heterocycles. The molecule has 0 fully saturated rings. The summed E-state index contributed by atoms with van der Waals surface area (Å²) in [5.41, 5.74) is 7.65. The van der Waals surface area contributed by atoms with E-state index < -0.39 is 5.97 Å². The molecule has 5 nitrogen and oxygen atoms in total. The van der Waals surface area contributed by atoms with E-state index in [0.717, 1.165) is 10.0 Å². The lowest BCUT2D eigenvalue weighted by Crippen LogP contribution is -2.12. The van der Waals surface area contributed by atoms with Gasteiger partial charge in [-0.2, -0.15) is 5.26 Å². The van der Waals surface area contributed by atoms with E-state index >= 15 is 0 Å². The van der Waals surface area contributed by atoms with Crippen LogP contribution < -0.4 is 5.73 Å². The Bertz CT molecular complexity index is 778. The van der Waals surface area contributed by atoms with Crippen LogP contribution in [0, 0.1) is 18.3 Å². The van der Waals surface area contributed by atoms with Gasteiger partial charge in [0.1, 0.15) is 6.07 Å². The van der Waals surface area contributed by atoms with E-state index in [2.05, 4.69) is 15.9 Å². The monoisotopic (exact) mass is 367 g/mol. The van der Waals surface area contributed by atoms with Crippen LogP contribution in [-0.4, -0.2) is 17.6 Å². The van der Waals surface area contributed by atoms with Crippen molar-refractivity contribution in [3.8, 4) is 11.8 Å². The molecule has 0 spiro atoms. The molecular formula is C14H11BrClN3O2. The highest BCUT2D eigenvalue weighted by atomic mass is 79.9. The number of nitrogens with two attached hydrogens (primary N) is 1. The zero-order valence-electron chi connectivity index (χ0n) is 11.3. The van der Waals surface area contributed by atoms with Crippen LogP contribution in [0.2, 0.25) is 5.02 Å². The minimum atomic E-state index is -0.618. The Kier molecular flexibility index (Phi) is 4.26. The highest BCUT2D eigenvalue weighted by Crippen LogP contribution is 2.33. The number of anilines is 1. The lowest BCUT2D eigenvalue weighted by atomic mass is 10.2. The highest BCUT2D eigenvalue weighted by molar-refractivity contribution is 9.10. The predicted molar refractivity (Wildman–Crippen MR) is 83.7 cm³/mol. The normalized spacial score (nSPS) is 10.2. The molecule has 0 aliphatic carbocycles. The second-order valence-corrected chi connectivity index (χ2v) is 5.52. The van der Waals surface area contributed by atoms with Crippen molar-refractivity contribution in [3.63, 3.8) is 0 Å². The SMILES string of the molecule is COC(=O)c1c(N)c(C#N)cn1-c1ccc(Br)c(Cl)c1C. The number of nitrogens with zero attached hydrogens (tertiary/aromatic N) is 2. The number of halogens is 2. The van der Waals surface area contributed by atoms with Gasteiger partial charge in [0, 0.05) is 10.7 Å². The van der Waals surface area contributed by atoms with E-state index in [9.17, 15) is 4.79 Å². The van der Waals surface area contributed by atoms with Gasteiger partial charge in [0.05, 0.1) is 29.1 Å². The van der Waals surface area contributed by atoms with Crippen LogP contribution >= 0.6 is 27.5 Å². The number of aromatic nitrogens is 1. The molecule has 0 saturated heterocycles. The van der Waals surface area contributed by atoms with Gasteiger partial charge in [-0.3, -0.25) is 0 Å². The first-order chi connectivity index (χ1) is 9.92. The summed E-state index contributed by atoms with van der Waals surface area (Å²) in [7, 11) is 1.26. The molecule has 108 valence electrons. The van der Waals surface area contributed by atoms with E-state index in [-0.39, 0.29) is 16.9 Å². The van der Waals surface area contributed by atoms with Crippen LogP contribution in [0.25, 0.3) is 5.69 Å². The van der Waals surface area contributed by atoms with E-state index in [1.165, 1.54) is 17.9 Å². The summed E-state index contributed by atoms with van der Waals surface area (Å²) in [6, 6.07) is 5.49. The number of hydrogen-bond acceptors (Lipinski definition) is 4. The Balaban J connectivity index is 2.79. The highest BCUT2D eigenvalue weighted by Gasteiger charge is 2.23. The van der Waals surface area contributed by atoms with Crippen molar-refractivity contribution in [1.82, 2.24) is 4.57 Å². The first-order valence-corrected chi connectivity index (χ1v) is 7.03. The van der Waals surface area contributed by atoms with Crippen molar-refractivity contribution in [3.05, 3.63) is 44.6 Å². The number of benzene rings is 1. The smallest absolute Gasteiger partial charge is 0.357 e. The van der Waals surface area contributed by atoms with Crippen LogP contribution in [0.5, 0.6) is 0 Å². The summed E-state index contributed by atoms with van der Waals surface area (Å²) in [5.74, 6) is -0.618. The van der Waals surface area contributed by atoms with E-state index in [1.54, 1.807) is 12.1 Å². The molecule has 0 bridgehead atoms. The molecule has 1 aromatic carbocycles. The first kappa shape index (κ1) is 15.4. The number of methoxy groups -OCH3 is 1. The molecule has 0 aliphatic heterocycles. The lowest BCUT2D eigenvalue weighted by Gasteiger charge is -2.13. The second kappa shape index (κ2) is 5.80. The first-order valence-electron chi connectivity index (χ1n) is 5.86. The molecular weight excluding hydrogens is 358 g/mol. The van der Waals surface area contributed by atoms with Crippen molar-refractivity contribution in [2.45, 2.75) is 6.92 Å². The molecule has 0 amide bonds. The van der Waals surface area contributed by atoms with E-state index in [4.69, 9.17) is 27.3 Å². The summed E-state index contributed by atoms with van der Waals surface area (Å²) in [4.78, 5) is 11.9. The van der Waals surface area contributed by atoms with Gasteiger partial charge < -0.3 is 15.0 Å². The van der Waals surface area contributed by atoms with Gasteiger partial charge in [0.25, 0.3) is 0 Å². The fourth-order valence-electron chi connectivity index (χ4n) is 2.01. The molecule has 2 rings (SSSR count). The Labute approximate surface area is 135 Å². The largest absolute Gasteiger partial charge is 0.464 e. The average Bonchev–Trinajstić information content (AvgIpc) is 2.80. The maximum atomic E-state index is 11.9. The minimum absolute atomic E-state index is 0.0859. The summed E-state index contributed by atoms with van der Waals surface area (Å²) in [6.45, 7) is 1.81. The van der Waals surface area contributed by atoms with Crippen molar-refractivity contribution in [1.29, 1.82) is 5.26 Å². The number of nitriles is 1. The third kappa shape index (κ3) is 2.50. The van der Waals surface area contributed by atoms with Crippen molar-refractivity contribution >= 4 is 39.2 Å². The zero-order valence-corrected chi connectivity index (χ0v) is 13.6. The number of nitrogen functional groups attached to an aromatic ring is 1. The topological polar surface area (TPSA) is 81.0 Å². The van der Waals surface area contributed by atoms with Gasteiger partial charge in [0.2, 0.25) is 0 Å². The Morgan fingerprint density at radius 1 is 1.52 bits per heavy atom. The quantitative estimate of drug-likeness (QED) is 0.823. The molecule has 2 aromatic rings. The fraction of sp³-hybridized carbons (Fsp3) is 0.143. The number of carbonyl (C=O) groups excluding carboxylic acids is 1. The lowest BCUT2D eigenvalue weighted by molar-refractivity contribution is 0.0593. The molecule has 0 saturated carbocycles. The predicted octanol–water partition coefficient (Wildman–Crippen LogP) is 3.44. The van der Waals surface area contributed by atoms with Gasteiger partial charge in [-0.05, 0) is 40.5 Å². The van der Waals surface area contributed by atoms with Gasteiger partial charge in [0.15, 0.2) is 5.69 Å². The number of esters is 1. The summed E-state index contributed by atoms with van der Waals surface area (Å²) >= 11 is 9.54. The maximum absolute atomic E-state index is 11.9. The average molecular weight is 369 g/mol. The maximum Gasteiger partial charge on any atom is 0.357 e. The van der Waals surface area contributed by atoms with Gasteiger partial charge in [-0.15, -0.1) is 0 Å². The Morgan fingerprint density at radius 3 is 2.76 bits per heavy atom. The van der Waals surface area contributed by atoms with Gasteiger partial charge in [-0.25, -0.2) is 4.79 Å². The minimum Gasteiger partial charge on any atom is -0.464 e. The van der Waals surface area contributed by atoms with E-state index in [0.29, 0.717) is 10.7 Å². The molecule has 0 unspecified atom stereocenters. The number of carbonyl (C=O) groups is 1. The third-order valence-electron chi connectivity index (χ3n) is 3.11. The van der Waals surface area contributed by atoms with Crippen LogP contribution in [0.4, 0.5) is 5.69 Å². The zero-order chi connectivity index (χ0) is 15.7. The summed E-state index contributed by atoms with van der Waals surface area (Å²) in [5, 5.41) is 9.62. The van der Waals surface area contributed by atoms with Gasteiger partial charge >= 0.3 is 5.97 Å². The van der Waals surface area contributed by atoms with Crippen LogP contribution in [-0.2, 0) is 4.74 Å². The van der Waals surface area contributed by atoms with Gasteiger partial charge in [-0.1, -0.05) is 11.6 Å². The summed E-state index contributed by atoms with van der Waals surface area (Å²) in [6.07, 6.45) is 1.49. The Morgan fingerprint density at radius 2 is 2.19 bits per heavy atom. The molecule has 1 heterocycles. The van der Waals surface area contributed by atoms with Crippen LogP contribution in [0.3, 0.4) is 0 Å². The third-order valence-corrected chi connectivity index (χ3v) is 4.49. The second-order valence-electron chi connectivity index (χ2n) is 4.28. The molecule has 0 aliphatic rings.